The SMILES string of the molecule is O=C(CSc1nc2ccc(F)cc2c(=O)n1-c1ccccc1)N=Nc1c(O)[nH]c2ccc(F)cc12. The third-order valence-corrected chi connectivity index (χ3v) is 6.04. The topological polar surface area (TPSA) is 113 Å². The number of benzene rings is 3. The van der Waals surface area contributed by atoms with Gasteiger partial charge >= 0.3 is 0 Å². The molecule has 0 saturated heterocycles. The average molecular weight is 491 g/mol. The van der Waals surface area contributed by atoms with Crippen molar-refractivity contribution >= 4 is 45.2 Å². The summed E-state index contributed by atoms with van der Waals surface area (Å²) in [5.74, 6) is -2.35. The molecule has 5 rings (SSSR count). The molecule has 0 radical (unpaired) electrons. The quantitative estimate of drug-likeness (QED) is 0.198. The van der Waals surface area contributed by atoms with E-state index in [0.717, 1.165) is 17.8 Å². The molecule has 11 heteroatoms. The van der Waals surface area contributed by atoms with Crippen LogP contribution in [0.5, 0.6) is 5.88 Å². The highest BCUT2D eigenvalue weighted by Gasteiger charge is 2.16. The molecule has 3 aromatic carbocycles. The molecule has 0 atom stereocenters. The Hall–Kier alpha value is -4.38. The fraction of sp³-hybridized carbons (Fsp3) is 0.0417. The third kappa shape index (κ3) is 4.41. The molecule has 0 fully saturated rings. The van der Waals surface area contributed by atoms with E-state index in [1.165, 1.54) is 34.9 Å². The normalized spacial score (nSPS) is 11.6. The largest absolute Gasteiger partial charge is 0.493 e. The van der Waals surface area contributed by atoms with Gasteiger partial charge in [0.15, 0.2) is 10.8 Å². The number of aromatic amines is 1. The maximum atomic E-state index is 13.8. The Morgan fingerprint density at radius 1 is 1.03 bits per heavy atom. The van der Waals surface area contributed by atoms with Gasteiger partial charge in [0.05, 0.1) is 27.9 Å². The molecule has 5 aromatic rings. The first-order valence-corrected chi connectivity index (χ1v) is 11.2. The number of nitrogens with zero attached hydrogens (tertiary/aromatic N) is 4. The molecular weight excluding hydrogens is 476 g/mol. The van der Waals surface area contributed by atoms with Crippen molar-refractivity contribution < 1.29 is 18.7 Å². The number of aromatic nitrogens is 3. The zero-order valence-electron chi connectivity index (χ0n) is 17.8. The van der Waals surface area contributed by atoms with Crippen LogP contribution in [0.1, 0.15) is 0 Å². The predicted molar refractivity (Wildman–Crippen MR) is 127 cm³/mol. The van der Waals surface area contributed by atoms with Crippen LogP contribution < -0.4 is 5.56 Å². The monoisotopic (exact) mass is 491 g/mol. The standard InChI is InChI=1S/C24H15F2N5O3S/c25-13-6-8-18-16(10-13)21(22(33)27-18)30-29-20(32)12-35-24-28-19-9-7-14(26)11-17(19)23(34)31(24)15-4-2-1-3-5-15/h1-11,27,33H,12H2. The number of hydrogen-bond donors (Lipinski definition) is 2. The number of halogens is 2. The number of carbonyl (C=O) groups excluding carboxylic acids is 1. The molecule has 2 N–H and O–H groups in total. The summed E-state index contributed by atoms with van der Waals surface area (Å²) in [4.78, 5) is 32.7. The second kappa shape index (κ2) is 9.11. The van der Waals surface area contributed by atoms with Gasteiger partial charge in [0.2, 0.25) is 5.88 Å². The second-order valence-electron chi connectivity index (χ2n) is 7.43. The smallest absolute Gasteiger partial charge is 0.275 e. The maximum Gasteiger partial charge on any atom is 0.275 e. The molecule has 2 aromatic heterocycles. The zero-order valence-corrected chi connectivity index (χ0v) is 18.6. The average Bonchev–Trinajstić information content (AvgIpc) is 3.16. The van der Waals surface area contributed by atoms with Gasteiger partial charge in [-0.05, 0) is 48.5 Å². The summed E-state index contributed by atoms with van der Waals surface area (Å²) in [6.07, 6.45) is 0. The summed E-state index contributed by atoms with van der Waals surface area (Å²) in [6, 6.07) is 16.2. The van der Waals surface area contributed by atoms with Crippen LogP contribution in [-0.2, 0) is 4.79 Å². The van der Waals surface area contributed by atoms with E-state index in [-0.39, 0.29) is 38.8 Å². The Bertz CT molecular complexity index is 1680. The second-order valence-corrected chi connectivity index (χ2v) is 8.37. The molecule has 1 amide bonds. The number of fused-ring (bicyclic) bond motifs is 2. The number of H-pyrrole nitrogens is 1. The van der Waals surface area contributed by atoms with Crippen LogP contribution >= 0.6 is 11.8 Å². The fourth-order valence-corrected chi connectivity index (χ4v) is 4.33. The summed E-state index contributed by atoms with van der Waals surface area (Å²) < 4.78 is 28.6. The first kappa shape index (κ1) is 22.4. The minimum Gasteiger partial charge on any atom is -0.493 e. The molecule has 0 unspecified atom stereocenters. The molecule has 0 aliphatic carbocycles. The van der Waals surface area contributed by atoms with Crippen molar-refractivity contribution in [2.24, 2.45) is 10.2 Å². The fourth-order valence-electron chi connectivity index (χ4n) is 3.54. The first-order chi connectivity index (χ1) is 16.9. The van der Waals surface area contributed by atoms with Crippen LogP contribution in [0.15, 0.2) is 86.9 Å². The molecule has 0 spiro atoms. The number of hydrogen-bond acceptors (Lipinski definition) is 6. The third-order valence-electron chi connectivity index (χ3n) is 5.11. The van der Waals surface area contributed by atoms with E-state index in [2.05, 4.69) is 20.2 Å². The molecule has 0 saturated carbocycles. The van der Waals surface area contributed by atoms with Gasteiger partial charge in [0.25, 0.3) is 11.5 Å². The minimum atomic E-state index is -0.673. The van der Waals surface area contributed by atoms with Crippen molar-refractivity contribution in [1.29, 1.82) is 0 Å². The highest BCUT2D eigenvalue weighted by molar-refractivity contribution is 7.99. The minimum absolute atomic E-state index is 0.0649. The number of para-hydroxylation sites is 1. The van der Waals surface area contributed by atoms with Gasteiger partial charge in [-0.25, -0.2) is 13.8 Å². The Balaban J connectivity index is 1.46. The van der Waals surface area contributed by atoms with Crippen LogP contribution in [0.4, 0.5) is 14.5 Å². The van der Waals surface area contributed by atoms with Crippen molar-refractivity contribution in [3.05, 3.63) is 88.7 Å². The van der Waals surface area contributed by atoms with Crippen molar-refractivity contribution in [2.75, 3.05) is 5.75 Å². The zero-order chi connectivity index (χ0) is 24.5. The number of carbonyl (C=O) groups is 1. The van der Waals surface area contributed by atoms with Crippen LogP contribution in [0.25, 0.3) is 27.5 Å². The highest BCUT2D eigenvalue weighted by Crippen LogP contribution is 2.35. The van der Waals surface area contributed by atoms with E-state index in [9.17, 15) is 23.5 Å². The van der Waals surface area contributed by atoms with Gasteiger partial charge in [-0.1, -0.05) is 30.0 Å². The van der Waals surface area contributed by atoms with Gasteiger partial charge in [0, 0.05) is 5.39 Å². The van der Waals surface area contributed by atoms with Crippen molar-refractivity contribution in [2.45, 2.75) is 5.16 Å². The Labute approximate surface area is 200 Å². The Kier molecular flexibility index (Phi) is 5.83. The lowest BCUT2D eigenvalue weighted by Gasteiger charge is -2.12. The lowest BCUT2D eigenvalue weighted by atomic mass is 10.2. The lowest BCUT2D eigenvalue weighted by molar-refractivity contribution is -0.115. The van der Waals surface area contributed by atoms with E-state index in [1.807, 2.05) is 0 Å². The van der Waals surface area contributed by atoms with Gasteiger partial charge < -0.3 is 10.1 Å². The van der Waals surface area contributed by atoms with Crippen LogP contribution in [-0.4, -0.2) is 31.3 Å². The van der Waals surface area contributed by atoms with Crippen LogP contribution in [0.3, 0.4) is 0 Å². The molecule has 2 heterocycles. The van der Waals surface area contributed by atoms with E-state index >= 15 is 0 Å². The number of azo groups is 1. The van der Waals surface area contributed by atoms with Gasteiger partial charge in [-0.15, -0.1) is 10.2 Å². The number of amides is 1. The number of thioether (sulfide) groups is 1. The number of aromatic hydroxyl groups is 1. The molecule has 0 bridgehead atoms. The predicted octanol–water partition coefficient (Wildman–Crippen LogP) is 5.25. The van der Waals surface area contributed by atoms with Crippen LogP contribution in [0.2, 0.25) is 0 Å². The molecule has 174 valence electrons. The Morgan fingerprint density at radius 2 is 1.74 bits per heavy atom. The van der Waals surface area contributed by atoms with Crippen LogP contribution in [0, 0.1) is 11.6 Å². The lowest BCUT2D eigenvalue weighted by Crippen LogP contribution is -2.22. The Morgan fingerprint density at radius 3 is 2.51 bits per heavy atom. The van der Waals surface area contributed by atoms with Gasteiger partial charge in [0.1, 0.15) is 11.6 Å². The summed E-state index contributed by atoms with van der Waals surface area (Å²) in [5, 5.41) is 18.0. The summed E-state index contributed by atoms with van der Waals surface area (Å²) in [5.41, 5.74) is 0.667. The summed E-state index contributed by atoms with van der Waals surface area (Å²) >= 11 is 0.955. The first-order valence-electron chi connectivity index (χ1n) is 10.3. The molecular formula is C24H15F2N5O3S. The van der Waals surface area contributed by atoms with E-state index < -0.39 is 23.1 Å². The number of rotatable bonds is 5. The van der Waals surface area contributed by atoms with E-state index in [0.29, 0.717) is 11.2 Å². The van der Waals surface area contributed by atoms with Gasteiger partial charge in [-0.3, -0.25) is 14.2 Å². The molecule has 35 heavy (non-hydrogen) atoms. The van der Waals surface area contributed by atoms with Crippen molar-refractivity contribution in [3.63, 3.8) is 0 Å². The van der Waals surface area contributed by atoms with Crippen molar-refractivity contribution in [1.82, 2.24) is 14.5 Å². The number of nitrogens with one attached hydrogen (secondary N) is 1. The summed E-state index contributed by atoms with van der Waals surface area (Å²) in [6.45, 7) is 0. The van der Waals surface area contributed by atoms with E-state index in [1.54, 1.807) is 30.3 Å². The highest BCUT2D eigenvalue weighted by atomic mass is 32.2. The maximum absolute atomic E-state index is 13.8. The summed E-state index contributed by atoms with van der Waals surface area (Å²) in [7, 11) is 0. The van der Waals surface area contributed by atoms with Crippen molar-refractivity contribution in [3.8, 4) is 11.6 Å². The molecule has 0 aliphatic rings. The van der Waals surface area contributed by atoms with Gasteiger partial charge in [-0.2, -0.15) is 0 Å². The molecule has 8 nitrogen and oxygen atoms in total. The van der Waals surface area contributed by atoms with E-state index in [4.69, 9.17) is 0 Å². The molecule has 0 aliphatic heterocycles.